The summed E-state index contributed by atoms with van der Waals surface area (Å²) < 4.78 is 59.3. The molecule has 47 heavy (non-hydrogen) atoms. The van der Waals surface area contributed by atoms with Gasteiger partial charge in [-0.1, -0.05) is 36.4 Å². The third-order valence-electron chi connectivity index (χ3n) is 8.68. The van der Waals surface area contributed by atoms with Gasteiger partial charge in [0, 0.05) is 17.0 Å². The van der Waals surface area contributed by atoms with Crippen molar-refractivity contribution < 1.29 is 36.3 Å². The third kappa shape index (κ3) is 5.46. The lowest BCUT2D eigenvalue weighted by molar-refractivity contribution is -0.137. The number of carbonyl (C=O) groups excluding carboxylic acids is 3. The molecule has 0 saturated heterocycles. The highest BCUT2D eigenvalue weighted by Gasteiger charge is 2.44. The van der Waals surface area contributed by atoms with E-state index >= 15 is 0 Å². The first kappa shape index (κ1) is 30.4. The summed E-state index contributed by atoms with van der Waals surface area (Å²) >= 11 is 0. The molecule has 1 aliphatic carbocycles. The average molecular weight is 653 g/mol. The number of benzene rings is 4. The van der Waals surface area contributed by atoms with E-state index in [0.29, 0.717) is 24.1 Å². The van der Waals surface area contributed by atoms with Crippen molar-refractivity contribution >= 4 is 39.3 Å². The van der Waals surface area contributed by atoms with E-state index in [1.54, 1.807) is 30.3 Å². The van der Waals surface area contributed by atoms with Crippen LogP contribution in [-0.4, -0.2) is 43.4 Å². The summed E-state index contributed by atoms with van der Waals surface area (Å²) in [6.07, 6.45) is 4.11. The number of amides is 1. The summed E-state index contributed by atoms with van der Waals surface area (Å²) in [4.78, 5) is 39.3. The molecule has 4 aromatic carbocycles. The van der Waals surface area contributed by atoms with Gasteiger partial charge in [-0.25, -0.2) is 27.0 Å². The number of carbonyl (C=O) groups is 3. The summed E-state index contributed by atoms with van der Waals surface area (Å²) in [6, 6.07) is 20.7. The number of ketones is 1. The van der Waals surface area contributed by atoms with E-state index < -0.39 is 46.0 Å². The smallest absolute Gasteiger partial charge is 0.338 e. The van der Waals surface area contributed by atoms with Crippen LogP contribution in [0, 0.1) is 17.6 Å². The van der Waals surface area contributed by atoms with Crippen LogP contribution in [0.3, 0.4) is 0 Å². The SMILES string of the molecule is O=C(OCC(=O)N1N=C2/C(=C\c3ccc(F)cc3)CCC[C@H]2[C@@H]1c1ccc(F)cc1)c1ccc2c(c1)S(=O)(=O)c1ccccc1C2=O. The molecular formula is C36H26F2N2O6S. The van der Waals surface area contributed by atoms with Crippen molar-refractivity contribution in [1.82, 2.24) is 5.01 Å². The highest BCUT2D eigenvalue weighted by atomic mass is 32.2. The number of esters is 1. The Morgan fingerprint density at radius 1 is 0.894 bits per heavy atom. The van der Waals surface area contributed by atoms with Crippen molar-refractivity contribution in [3.8, 4) is 0 Å². The van der Waals surface area contributed by atoms with E-state index in [2.05, 4.69) is 0 Å². The van der Waals surface area contributed by atoms with Gasteiger partial charge in [0.25, 0.3) is 5.91 Å². The van der Waals surface area contributed by atoms with Crippen molar-refractivity contribution in [3.63, 3.8) is 0 Å². The molecule has 236 valence electrons. The minimum atomic E-state index is -4.09. The predicted molar refractivity (Wildman–Crippen MR) is 167 cm³/mol. The van der Waals surface area contributed by atoms with E-state index in [9.17, 15) is 31.6 Å². The highest BCUT2D eigenvalue weighted by molar-refractivity contribution is 7.91. The lowest BCUT2D eigenvalue weighted by Crippen LogP contribution is -2.34. The molecule has 0 aromatic heterocycles. The molecule has 0 radical (unpaired) electrons. The fourth-order valence-corrected chi connectivity index (χ4v) is 8.13. The first-order valence-electron chi connectivity index (χ1n) is 14.9. The summed E-state index contributed by atoms with van der Waals surface area (Å²) in [7, 11) is -4.09. The lowest BCUT2D eigenvalue weighted by atomic mass is 9.77. The number of fused-ring (bicyclic) bond motifs is 3. The van der Waals surface area contributed by atoms with E-state index in [-0.39, 0.29) is 38.2 Å². The minimum Gasteiger partial charge on any atom is -0.452 e. The topological polar surface area (TPSA) is 110 Å². The first-order valence-corrected chi connectivity index (χ1v) is 16.4. The zero-order chi connectivity index (χ0) is 32.9. The summed E-state index contributed by atoms with van der Waals surface area (Å²) in [5.41, 5.74) is 2.85. The second kappa shape index (κ2) is 11.8. The summed E-state index contributed by atoms with van der Waals surface area (Å²) in [6.45, 7) is -0.706. The normalized spacial score (nSPS) is 20.2. The van der Waals surface area contributed by atoms with E-state index in [1.165, 1.54) is 59.6 Å². The Hall–Kier alpha value is -5.29. The minimum absolute atomic E-state index is 0.0556. The Labute approximate surface area is 268 Å². The Morgan fingerprint density at radius 3 is 2.32 bits per heavy atom. The molecule has 8 nitrogen and oxygen atoms in total. The standard InChI is InChI=1S/C36H26F2N2O6S/c37-25-13-8-21(9-14-25)18-23-4-3-6-29-33(23)39-40(34(29)22-10-15-26(38)16-11-22)32(41)20-46-36(43)24-12-17-28-31(19-24)47(44,45)30-7-2-1-5-27(30)35(28)42/h1-2,5,7-19,29,34H,3-4,6,20H2/b23-18-/t29-,34+/m1/s1. The number of halogens is 2. The second-order valence-electron chi connectivity index (χ2n) is 11.6. The van der Waals surface area contributed by atoms with Crippen LogP contribution in [0.4, 0.5) is 8.78 Å². The second-order valence-corrected chi connectivity index (χ2v) is 13.4. The molecule has 3 aliphatic rings. The molecule has 2 atom stereocenters. The molecule has 0 unspecified atom stereocenters. The van der Waals surface area contributed by atoms with E-state index in [4.69, 9.17) is 9.84 Å². The molecule has 1 amide bonds. The van der Waals surface area contributed by atoms with Crippen LogP contribution in [0.15, 0.2) is 111 Å². The predicted octanol–water partition coefficient (Wildman–Crippen LogP) is 6.32. The molecule has 1 saturated carbocycles. The van der Waals surface area contributed by atoms with Crippen LogP contribution in [0.2, 0.25) is 0 Å². The molecular weight excluding hydrogens is 626 g/mol. The van der Waals surface area contributed by atoms with Crippen LogP contribution in [-0.2, 0) is 19.4 Å². The number of hydrogen-bond acceptors (Lipinski definition) is 7. The van der Waals surface area contributed by atoms with Crippen LogP contribution < -0.4 is 0 Å². The van der Waals surface area contributed by atoms with Crippen molar-refractivity contribution in [2.45, 2.75) is 35.1 Å². The van der Waals surface area contributed by atoms with Crippen molar-refractivity contribution in [1.29, 1.82) is 0 Å². The lowest BCUT2D eigenvalue weighted by Gasteiger charge is -2.29. The Balaban J connectivity index is 1.15. The Bertz CT molecular complexity index is 2130. The number of hydrazone groups is 1. The van der Waals surface area contributed by atoms with Gasteiger partial charge in [-0.3, -0.25) is 9.59 Å². The molecule has 2 heterocycles. The van der Waals surface area contributed by atoms with E-state index in [1.807, 2.05) is 6.08 Å². The van der Waals surface area contributed by atoms with Gasteiger partial charge in [-0.15, -0.1) is 0 Å². The van der Waals surface area contributed by atoms with Crippen molar-refractivity contribution in [2.75, 3.05) is 6.61 Å². The van der Waals surface area contributed by atoms with Crippen molar-refractivity contribution in [3.05, 3.63) is 136 Å². The Kier molecular flexibility index (Phi) is 7.63. The Morgan fingerprint density at radius 2 is 1.57 bits per heavy atom. The maximum atomic E-state index is 13.9. The van der Waals surface area contributed by atoms with Gasteiger partial charge in [0.15, 0.2) is 12.4 Å². The van der Waals surface area contributed by atoms with Crippen LogP contribution in [0.1, 0.15) is 62.7 Å². The zero-order valence-electron chi connectivity index (χ0n) is 24.7. The number of hydrogen-bond donors (Lipinski definition) is 0. The van der Waals surface area contributed by atoms with Gasteiger partial charge in [0.05, 0.1) is 27.1 Å². The maximum absolute atomic E-state index is 13.9. The molecule has 2 aliphatic heterocycles. The van der Waals surface area contributed by atoms with Gasteiger partial charge in [-0.2, -0.15) is 5.10 Å². The van der Waals surface area contributed by atoms with E-state index in [0.717, 1.165) is 23.6 Å². The molecule has 4 aromatic rings. The number of nitrogens with zero attached hydrogens (tertiary/aromatic N) is 2. The molecule has 1 fully saturated rings. The van der Waals surface area contributed by atoms with Crippen molar-refractivity contribution in [2.24, 2.45) is 11.0 Å². The van der Waals surface area contributed by atoms with Crippen LogP contribution in [0.5, 0.6) is 0 Å². The van der Waals surface area contributed by atoms with Gasteiger partial charge in [0.1, 0.15) is 11.6 Å². The van der Waals surface area contributed by atoms with Crippen LogP contribution >= 0.6 is 0 Å². The molecule has 0 bridgehead atoms. The number of sulfone groups is 1. The fraction of sp³-hybridized carbons (Fsp3) is 0.167. The summed E-state index contributed by atoms with van der Waals surface area (Å²) in [5, 5.41) is 5.96. The summed E-state index contributed by atoms with van der Waals surface area (Å²) in [5.74, 6) is -3.07. The number of rotatable bonds is 5. The number of allylic oxidation sites excluding steroid dienone is 1. The fourth-order valence-electron chi connectivity index (χ4n) is 6.45. The number of ether oxygens (including phenoxy) is 1. The van der Waals surface area contributed by atoms with Gasteiger partial charge >= 0.3 is 5.97 Å². The molecule has 7 rings (SSSR count). The average Bonchev–Trinajstić information content (AvgIpc) is 3.48. The van der Waals surface area contributed by atoms with Gasteiger partial charge in [0.2, 0.25) is 9.84 Å². The molecule has 0 N–H and O–H groups in total. The monoisotopic (exact) mass is 652 g/mol. The maximum Gasteiger partial charge on any atom is 0.338 e. The third-order valence-corrected chi connectivity index (χ3v) is 10.5. The van der Waals surface area contributed by atoms with Gasteiger partial charge < -0.3 is 4.74 Å². The molecule has 0 spiro atoms. The molecule has 11 heteroatoms. The van der Waals surface area contributed by atoms with Crippen LogP contribution in [0.25, 0.3) is 6.08 Å². The quantitative estimate of drug-likeness (QED) is 0.206. The zero-order valence-corrected chi connectivity index (χ0v) is 25.5. The first-order chi connectivity index (χ1) is 22.6. The highest BCUT2D eigenvalue weighted by Crippen LogP contribution is 2.44. The van der Waals surface area contributed by atoms with Gasteiger partial charge in [-0.05, 0) is 96.6 Å². The largest absolute Gasteiger partial charge is 0.452 e.